The van der Waals surface area contributed by atoms with Crippen LogP contribution in [0.15, 0.2) is 16.1 Å². The summed E-state index contributed by atoms with van der Waals surface area (Å²) in [5.74, 6) is 0.779. The van der Waals surface area contributed by atoms with Gasteiger partial charge in [-0.1, -0.05) is 0 Å². The maximum atomic E-state index is 4.66. The molecular formula is C12H14N2S2. The molecule has 1 fully saturated rings. The van der Waals surface area contributed by atoms with Gasteiger partial charge in [-0.2, -0.15) is 0 Å². The Morgan fingerprint density at radius 2 is 2.25 bits per heavy atom. The lowest BCUT2D eigenvalue weighted by Crippen LogP contribution is -1.99. The Hall–Kier alpha value is -0.870. The number of aryl methyl sites for hydroxylation is 1. The molecule has 2 heterocycles. The molecule has 0 aromatic carbocycles. The summed E-state index contributed by atoms with van der Waals surface area (Å²) in [7, 11) is 0. The topological polar surface area (TPSA) is 24.9 Å². The van der Waals surface area contributed by atoms with Gasteiger partial charge in [0.1, 0.15) is 0 Å². The average Bonchev–Trinajstić information content (AvgIpc) is 2.89. The summed E-state index contributed by atoms with van der Waals surface area (Å²) >= 11 is 3.55. The zero-order valence-corrected chi connectivity index (χ0v) is 10.8. The number of rotatable bonds is 4. The fourth-order valence-corrected chi connectivity index (χ4v) is 3.44. The van der Waals surface area contributed by atoms with Crippen LogP contribution in [0.2, 0.25) is 0 Å². The van der Waals surface area contributed by atoms with Gasteiger partial charge < -0.3 is 5.32 Å². The lowest BCUT2D eigenvalue weighted by Gasteiger charge is -2.02. The minimum atomic E-state index is 0.779. The molecule has 0 spiro atoms. The Kier molecular flexibility index (Phi) is 2.69. The summed E-state index contributed by atoms with van der Waals surface area (Å²) in [6.45, 7) is 2.98. The van der Waals surface area contributed by atoms with Crippen LogP contribution in [0.25, 0.3) is 0 Å². The van der Waals surface area contributed by atoms with E-state index in [-0.39, 0.29) is 0 Å². The van der Waals surface area contributed by atoms with Crippen LogP contribution in [0.3, 0.4) is 0 Å². The lowest BCUT2D eigenvalue weighted by molar-refractivity contribution is 1.00. The highest BCUT2D eigenvalue weighted by Crippen LogP contribution is 2.41. The molecule has 2 aromatic heterocycles. The molecule has 0 aliphatic heterocycles. The van der Waals surface area contributed by atoms with Gasteiger partial charge in [-0.15, -0.1) is 22.7 Å². The Balaban J connectivity index is 1.63. The third-order valence-corrected chi connectivity index (χ3v) is 4.73. The first-order valence-corrected chi connectivity index (χ1v) is 7.36. The monoisotopic (exact) mass is 250 g/mol. The second-order valence-electron chi connectivity index (χ2n) is 4.27. The molecule has 2 nitrogen and oxygen atoms in total. The van der Waals surface area contributed by atoms with E-state index >= 15 is 0 Å². The van der Waals surface area contributed by atoms with Gasteiger partial charge in [0.25, 0.3) is 0 Å². The van der Waals surface area contributed by atoms with Crippen molar-refractivity contribution in [2.45, 2.75) is 32.2 Å². The van der Waals surface area contributed by atoms with E-state index < -0.39 is 0 Å². The standard InChI is InChI=1S/C12H14N2S2/c1-8-5-15-7-11(8)13-4-10-6-16-12(14-10)9-2-3-9/h5-7,9,13H,2-4H2,1H3. The molecule has 1 aliphatic rings. The predicted molar refractivity (Wildman–Crippen MR) is 70.5 cm³/mol. The number of thiazole rings is 1. The highest BCUT2D eigenvalue weighted by atomic mass is 32.1. The Labute approximate surface area is 103 Å². The van der Waals surface area contributed by atoms with Crippen molar-refractivity contribution in [2.75, 3.05) is 5.32 Å². The Bertz CT molecular complexity index is 483. The van der Waals surface area contributed by atoms with Gasteiger partial charge >= 0.3 is 0 Å². The van der Waals surface area contributed by atoms with Crippen molar-refractivity contribution < 1.29 is 0 Å². The molecule has 1 N–H and O–H groups in total. The van der Waals surface area contributed by atoms with Crippen molar-refractivity contribution in [3.8, 4) is 0 Å². The van der Waals surface area contributed by atoms with Crippen molar-refractivity contribution >= 4 is 28.4 Å². The first-order chi connectivity index (χ1) is 7.83. The quantitative estimate of drug-likeness (QED) is 0.887. The zero-order valence-electron chi connectivity index (χ0n) is 9.19. The summed E-state index contributed by atoms with van der Waals surface area (Å²) < 4.78 is 0. The molecule has 0 bridgehead atoms. The van der Waals surface area contributed by atoms with Crippen LogP contribution in [-0.4, -0.2) is 4.98 Å². The first kappa shape index (κ1) is 10.3. The van der Waals surface area contributed by atoms with E-state index in [1.165, 1.54) is 34.8 Å². The molecule has 2 aromatic rings. The van der Waals surface area contributed by atoms with E-state index in [0.717, 1.165) is 12.5 Å². The summed E-state index contributed by atoms with van der Waals surface area (Å²) in [4.78, 5) is 4.66. The minimum absolute atomic E-state index is 0.779. The third kappa shape index (κ3) is 2.13. The van der Waals surface area contributed by atoms with Gasteiger partial charge in [-0.25, -0.2) is 4.98 Å². The summed E-state index contributed by atoms with van der Waals surface area (Å²) in [6, 6.07) is 0. The second-order valence-corrected chi connectivity index (χ2v) is 5.91. The zero-order chi connectivity index (χ0) is 11.0. The maximum absolute atomic E-state index is 4.66. The molecule has 1 saturated carbocycles. The largest absolute Gasteiger partial charge is 0.378 e. The SMILES string of the molecule is Cc1cscc1NCc1csc(C2CC2)n1. The number of hydrogen-bond donors (Lipinski definition) is 1. The van der Waals surface area contributed by atoms with Crippen molar-refractivity contribution in [1.82, 2.24) is 4.98 Å². The van der Waals surface area contributed by atoms with E-state index in [1.807, 2.05) is 11.3 Å². The molecule has 0 amide bonds. The van der Waals surface area contributed by atoms with Crippen molar-refractivity contribution in [1.29, 1.82) is 0 Å². The average molecular weight is 250 g/mol. The molecule has 1 aliphatic carbocycles. The number of nitrogens with zero attached hydrogens (tertiary/aromatic N) is 1. The lowest BCUT2D eigenvalue weighted by atomic mass is 10.3. The van der Waals surface area contributed by atoms with Gasteiger partial charge in [0.15, 0.2) is 0 Å². The Morgan fingerprint density at radius 1 is 1.38 bits per heavy atom. The molecule has 0 atom stereocenters. The molecule has 0 saturated heterocycles. The number of aromatic nitrogens is 1. The van der Waals surface area contributed by atoms with E-state index in [4.69, 9.17) is 0 Å². The molecule has 4 heteroatoms. The van der Waals surface area contributed by atoms with Gasteiger partial charge in [0, 0.05) is 22.4 Å². The highest BCUT2D eigenvalue weighted by Gasteiger charge is 2.26. The van der Waals surface area contributed by atoms with E-state index in [1.54, 1.807) is 11.3 Å². The second kappa shape index (κ2) is 4.18. The smallest absolute Gasteiger partial charge is 0.0960 e. The summed E-state index contributed by atoms with van der Waals surface area (Å²) in [6.07, 6.45) is 2.67. The molecule has 16 heavy (non-hydrogen) atoms. The first-order valence-electron chi connectivity index (χ1n) is 5.54. The molecule has 3 rings (SSSR count). The van der Waals surface area contributed by atoms with Crippen LogP contribution in [0.1, 0.15) is 35.0 Å². The van der Waals surface area contributed by atoms with E-state index in [9.17, 15) is 0 Å². The van der Waals surface area contributed by atoms with Crippen LogP contribution in [0, 0.1) is 6.92 Å². The normalized spacial score (nSPS) is 15.3. The van der Waals surface area contributed by atoms with E-state index in [0.29, 0.717) is 0 Å². The predicted octanol–water partition coefficient (Wildman–Crippen LogP) is 4.00. The molecule has 0 unspecified atom stereocenters. The van der Waals surface area contributed by atoms with Gasteiger partial charge in [0.05, 0.1) is 17.2 Å². The van der Waals surface area contributed by atoms with Gasteiger partial charge in [-0.3, -0.25) is 0 Å². The molecule has 84 valence electrons. The number of nitrogens with one attached hydrogen (secondary N) is 1. The molecule has 0 radical (unpaired) electrons. The summed E-state index contributed by atoms with van der Waals surface area (Å²) in [5.41, 5.74) is 3.74. The van der Waals surface area contributed by atoms with Crippen LogP contribution in [-0.2, 0) is 6.54 Å². The van der Waals surface area contributed by atoms with Crippen molar-refractivity contribution in [3.05, 3.63) is 32.4 Å². The van der Waals surface area contributed by atoms with Crippen molar-refractivity contribution in [2.24, 2.45) is 0 Å². The van der Waals surface area contributed by atoms with Crippen LogP contribution >= 0.6 is 22.7 Å². The highest BCUT2D eigenvalue weighted by molar-refractivity contribution is 7.09. The molecular weight excluding hydrogens is 236 g/mol. The van der Waals surface area contributed by atoms with Gasteiger partial charge in [-0.05, 0) is 30.7 Å². The van der Waals surface area contributed by atoms with Crippen molar-refractivity contribution in [3.63, 3.8) is 0 Å². The summed E-state index contributed by atoms with van der Waals surface area (Å²) in [5, 5.41) is 11.3. The third-order valence-electron chi connectivity index (χ3n) is 2.81. The fraction of sp³-hybridized carbons (Fsp3) is 0.417. The fourth-order valence-electron chi connectivity index (χ4n) is 1.65. The Morgan fingerprint density at radius 3 is 2.94 bits per heavy atom. The number of thiophene rings is 1. The van der Waals surface area contributed by atoms with Crippen LogP contribution in [0.4, 0.5) is 5.69 Å². The van der Waals surface area contributed by atoms with Crippen LogP contribution in [0.5, 0.6) is 0 Å². The number of hydrogen-bond acceptors (Lipinski definition) is 4. The maximum Gasteiger partial charge on any atom is 0.0960 e. The van der Waals surface area contributed by atoms with E-state index in [2.05, 4.69) is 33.4 Å². The van der Waals surface area contributed by atoms with Crippen LogP contribution < -0.4 is 5.32 Å². The minimum Gasteiger partial charge on any atom is -0.378 e. The van der Waals surface area contributed by atoms with Gasteiger partial charge in [0.2, 0.25) is 0 Å². The number of anilines is 1.